The van der Waals surface area contributed by atoms with Crippen molar-refractivity contribution in [2.24, 2.45) is 5.92 Å². The van der Waals surface area contributed by atoms with Gasteiger partial charge in [0.15, 0.2) is 0 Å². The lowest BCUT2D eigenvalue weighted by molar-refractivity contribution is 0.374. The topological polar surface area (TPSA) is 12.5 Å². The first-order valence-corrected chi connectivity index (χ1v) is 23.3. The minimum Gasteiger partial charge on any atom is -0.457 e. The van der Waals surface area contributed by atoms with E-state index in [2.05, 4.69) is 266 Å². The molecular weight excluding hydrogens is 811 g/mol. The van der Waals surface area contributed by atoms with E-state index in [1.807, 2.05) is 0 Å². The van der Waals surface area contributed by atoms with Gasteiger partial charge in [-0.3, -0.25) is 0 Å². The molecule has 0 aromatic heterocycles. The molecule has 10 aromatic rings. The zero-order chi connectivity index (χ0) is 44.3. The molecule has 2 heteroatoms. The highest BCUT2D eigenvalue weighted by molar-refractivity contribution is 5.99. The molecule has 0 saturated heterocycles. The predicted octanol–water partition coefficient (Wildman–Crippen LogP) is 17.3. The summed E-state index contributed by atoms with van der Waals surface area (Å²) in [7, 11) is 0. The predicted molar refractivity (Wildman–Crippen MR) is 278 cm³/mol. The molecule has 13 rings (SSSR count). The van der Waals surface area contributed by atoms with Crippen molar-refractivity contribution in [3.63, 3.8) is 0 Å². The van der Waals surface area contributed by atoms with Crippen molar-refractivity contribution in [2.75, 3.05) is 4.90 Å². The van der Waals surface area contributed by atoms with Crippen molar-refractivity contribution in [3.8, 4) is 56.0 Å². The maximum Gasteiger partial charge on any atom is 0.131 e. The molecule has 0 fully saturated rings. The van der Waals surface area contributed by atoms with Crippen LogP contribution >= 0.6 is 0 Å². The number of hydrogen-bond acceptors (Lipinski definition) is 2. The van der Waals surface area contributed by atoms with E-state index in [1.54, 1.807) is 0 Å². The maximum atomic E-state index is 6.68. The highest BCUT2D eigenvalue weighted by Crippen LogP contribution is 2.65. The molecule has 2 atom stereocenters. The van der Waals surface area contributed by atoms with Crippen LogP contribution in [0.5, 0.6) is 11.5 Å². The summed E-state index contributed by atoms with van der Waals surface area (Å²) in [5, 5.41) is 2.49. The lowest BCUT2D eigenvalue weighted by Gasteiger charge is -2.43. The van der Waals surface area contributed by atoms with E-state index in [0.29, 0.717) is 0 Å². The Labute approximate surface area is 392 Å². The standard InChI is InChI=1S/C65H45NO/c1-2-19-44(20-3-1)51-24-6-7-25-52(51)53-26-8-9-27-54(53)56-29-11-15-34-62(56)66(47-39-37-46(38-40-47)50-30-18-22-45-21-4-5-23-49(45)50)48-41-42-59-57(43-48)55-28-10-12-31-58(55)65(59)60-32-13-16-35-63(60)67-64-36-17-14-33-61(64)65/h1-43,55,58H. The molecular formula is C65H45NO. The second kappa shape index (κ2) is 15.9. The van der Waals surface area contributed by atoms with E-state index in [0.717, 1.165) is 34.1 Å². The second-order valence-electron chi connectivity index (χ2n) is 17.9. The number of para-hydroxylation sites is 3. The van der Waals surface area contributed by atoms with Gasteiger partial charge in [-0.25, -0.2) is 0 Å². The summed E-state index contributed by atoms with van der Waals surface area (Å²) in [6, 6.07) is 86.4. The van der Waals surface area contributed by atoms with Gasteiger partial charge >= 0.3 is 0 Å². The molecule has 2 unspecified atom stereocenters. The van der Waals surface area contributed by atoms with Crippen molar-refractivity contribution < 1.29 is 4.74 Å². The number of ether oxygens (including phenoxy) is 1. The molecule has 316 valence electrons. The number of allylic oxidation sites excluding steroid dienone is 4. The average molecular weight is 856 g/mol. The fourth-order valence-corrected chi connectivity index (χ4v) is 11.6. The summed E-state index contributed by atoms with van der Waals surface area (Å²) in [6.07, 6.45) is 9.33. The van der Waals surface area contributed by atoms with Crippen LogP contribution in [0.1, 0.15) is 28.2 Å². The Morgan fingerprint density at radius 2 is 0.910 bits per heavy atom. The average Bonchev–Trinajstić information content (AvgIpc) is 3.69. The van der Waals surface area contributed by atoms with Crippen LogP contribution in [0.2, 0.25) is 0 Å². The Balaban J connectivity index is 1.03. The molecule has 1 aliphatic heterocycles. The van der Waals surface area contributed by atoms with E-state index in [4.69, 9.17) is 4.74 Å². The lowest BCUT2D eigenvalue weighted by atomic mass is 9.62. The van der Waals surface area contributed by atoms with Crippen LogP contribution in [0, 0.1) is 5.92 Å². The molecule has 0 amide bonds. The smallest absolute Gasteiger partial charge is 0.131 e. The van der Waals surface area contributed by atoms with Gasteiger partial charge in [-0.2, -0.15) is 0 Å². The van der Waals surface area contributed by atoms with Crippen molar-refractivity contribution in [1.82, 2.24) is 0 Å². The number of fused-ring (bicyclic) bond motifs is 10. The van der Waals surface area contributed by atoms with Crippen molar-refractivity contribution in [3.05, 3.63) is 283 Å². The monoisotopic (exact) mass is 855 g/mol. The molecule has 2 aliphatic carbocycles. The number of rotatable bonds is 7. The summed E-state index contributed by atoms with van der Waals surface area (Å²) in [6.45, 7) is 0. The number of anilines is 3. The third kappa shape index (κ3) is 6.18. The molecule has 0 saturated carbocycles. The number of hydrogen-bond donors (Lipinski definition) is 0. The van der Waals surface area contributed by atoms with Gasteiger partial charge in [0.1, 0.15) is 11.5 Å². The second-order valence-corrected chi connectivity index (χ2v) is 17.9. The van der Waals surface area contributed by atoms with Gasteiger partial charge in [-0.1, -0.05) is 218 Å². The zero-order valence-corrected chi connectivity index (χ0v) is 36.8. The highest BCUT2D eigenvalue weighted by Gasteiger charge is 2.56. The Morgan fingerprint density at radius 1 is 0.373 bits per heavy atom. The molecule has 0 bridgehead atoms. The zero-order valence-electron chi connectivity index (χ0n) is 36.8. The molecule has 1 spiro atoms. The molecule has 1 heterocycles. The quantitative estimate of drug-likeness (QED) is 0.158. The van der Waals surface area contributed by atoms with Crippen molar-refractivity contribution >= 4 is 27.8 Å². The van der Waals surface area contributed by atoms with Crippen LogP contribution in [0.25, 0.3) is 55.3 Å². The van der Waals surface area contributed by atoms with Gasteiger partial charge in [0.25, 0.3) is 0 Å². The van der Waals surface area contributed by atoms with Gasteiger partial charge in [0, 0.05) is 39.9 Å². The molecule has 2 nitrogen and oxygen atoms in total. The van der Waals surface area contributed by atoms with E-state index in [1.165, 1.54) is 72.0 Å². The number of benzene rings is 10. The van der Waals surface area contributed by atoms with E-state index in [-0.39, 0.29) is 11.8 Å². The van der Waals surface area contributed by atoms with Crippen LogP contribution in [-0.2, 0) is 5.41 Å². The summed E-state index contributed by atoms with van der Waals surface area (Å²) >= 11 is 0. The Bertz CT molecular complexity index is 3530. The molecule has 67 heavy (non-hydrogen) atoms. The summed E-state index contributed by atoms with van der Waals surface area (Å²) in [5.74, 6) is 2.16. The van der Waals surface area contributed by atoms with Crippen LogP contribution in [0.15, 0.2) is 261 Å². The minimum absolute atomic E-state index is 0.153. The SMILES string of the molecule is C1=CC2c3cc(N(c4ccc(-c5cccc6ccccc56)cc4)c4ccccc4-c4ccccc4-c4ccccc4-c4ccccc4)ccc3C3(c4ccccc4Oc4ccccc43)C2C=C1. The van der Waals surface area contributed by atoms with Crippen LogP contribution in [-0.4, -0.2) is 0 Å². The van der Waals surface area contributed by atoms with Gasteiger partial charge < -0.3 is 9.64 Å². The van der Waals surface area contributed by atoms with Gasteiger partial charge in [-0.15, -0.1) is 0 Å². The summed E-state index contributed by atoms with van der Waals surface area (Å²) in [5.41, 5.74) is 17.5. The van der Waals surface area contributed by atoms with Crippen molar-refractivity contribution in [1.29, 1.82) is 0 Å². The first-order valence-electron chi connectivity index (χ1n) is 23.3. The van der Waals surface area contributed by atoms with Gasteiger partial charge in [0.05, 0.1) is 11.1 Å². The third-order valence-corrected chi connectivity index (χ3v) is 14.4. The minimum atomic E-state index is -0.431. The Kier molecular flexibility index (Phi) is 9.25. The molecule has 0 radical (unpaired) electrons. The van der Waals surface area contributed by atoms with Gasteiger partial charge in [-0.05, 0) is 103 Å². The fourth-order valence-electron chi connectivity index (χ4n) is 11.6. The van der Waals surface area contributed by atoms with Crippen molar-refractivity contribution in [2.45, 2.75) is 11.3 Å². The van der Waals surface area contributed by atoms with E-state index in [9.17, 15) is 0 Å². The first-order chi connectivity index (χ1) is 33.3. The highest BCUT2D eigenvalue weighted by atomic mass is 16.5. The van der Waals surface area contributed by atoms with Crippen LogP contribution < -0.4 is 9.64 Å². The molecule has 3 aliphatic rings. The van der Waals surface area contributed by atoms with Gasteiger partial charge in [0.2, 0.25) is 0 Å². The van der Waals surface area contributed by atoms with E-state index < -0.39 is 5.41 Å². The van der Waals surface area contributed by atoms with Crippen LogP contribution in [0.3, 0.4) is 0 Å². The Hall–Kier alpha value is -8.46. The summed E-state index contributed by atoms with van der Waals surface area (Å²) in [4.78, 5) is 2.48. The lowest BCUT2D eigenvalue weighted by Crippen LogP contribution is -2.37. The summed E-state index contributed by atoms with van der Waals surface area (Å²) < 4.78 is 6.68. The largest absolute Gasteiger partial charge is 0.457 e. The number of nitrogens with zero attached hydrogens (tertiary/aromatic N) is 1. The fraction of sp³-hybridized carbons (Fsp3) is 0.0462. The van der Waals surface area contributed by atoms with E-state index >= 15 is 0 Å². The molecule has 10 aromatic carbocycles. The first kappa shape index (κ1) is 39.0. The maximum absolute atomic E-state index is 6.68. The third-order valence-electron chi connectivity index (χ3n) is 14.4. The molecule has 0 N–H and O–H groups in total. The normalized spacial score (nSPS) is 15.9. The Morgan fingerprint density at radius 3 is 1.67 bits per heavy atom. The van der Waals surface area contributed by atoms with Crippen LogP contribution in [0.4, 0.5) is 17.1 Å².